The van der Waals surface area contributed by atoms with E-state index < -0.39 is 5.54 Å². The van der Waals surface area contributed by atoms with Crippen molar-refractivity contribution >= 4 is 11.9 Å². The predicted octanol–water partition coefficient (Wildman–Crippen LogP) is -0.152. The maximum absolute atomic E-state index is 12.5. The molecule has 116 valence electrons. The van der Waals surface area contributed by atoms with Gasteiger partial charge in [-0.15, -0.1) is 0 Å². The Morgan fingerprint density at radius 3 is 2.52 bits per heavy atom. The molecule has 2 heterocycles. The second-order valence-corrected chi connectivity index (χ2v) is 6.02. The van der Waals surface area contributed by atoms with E-state index in [9.17, 15) is 9.59 Å². The van der Waals surface area contributed by atoms with Crippen LogP contribution in [0.1, 0.15) is 19.3 Å². The Balaban J connectivity index is 1.92. The summed E-state index contributed by atoms with van der Waals surface area (Å²) in [4.78, 5) is 30.1. The molecular weight excluding hydrogens is 270 g/mol. The number of carbonyl (C=O) groups excluding carboxylic acids is 2. The zero-order chi connectivity index (χ0) is 15.5. The molecule has 7 nitrogen and oxygen atoms in total. The molecule has 0 unspecified atom stereocenters. The lowest BCUT2D eigenvalue weighted by molar-refractivity contribution is -0.132. The van der Waals surface area contributed by atoms with Crippen LogP contribution in [0.2, 0.25) is 0 Å². The second-order valence-electron chi connectivity index (χ2n) is 6.02. The Morgan fingerprint density at radius 1 is 1.29 bits per heavy atom. The molecular formula is C14H23N5O2. The maximum atomic E-state index is 12.5. The summed E-state index contributed by atoms with van der Waals surface area (Å²) in [7, 11) is 4.08. The smallest absolute Gasteiger partial charge is 0.323 e. The van der Waals surface area contributed by atoms with Crippen LogP contribution in [0.25, 0.3) is 0 Å². The molecule has 0 aromatic carbocycles. The molecule has 0 saturated carbocycles. The molecule has 0 aliphatic carbocycles. The van der Waals surface area contributed by atoms with Gasteiger partial charge in [0.2, 0.25) is 0 Å². The SMILES string of the molecule is CN(C)CCN1CCC2(CC1)NC(=O)N(CCC#N)C2=O. The summed E-state index contributed by atoms with van der Waals surface area (Å²) in [5, 5.41) is 11.5. The van der Waals surface area contributed by atoms with Crippen LogP contribution in [0.3, 0.4) is 0 Å². The highest BCUT2D eigenvalue weighted by Gasteiger charge is 2.51. The van der Waals surface area contributed by atoms with Crippen molar-refractivity contribution in [3.05, 3.63) is 0 Å². The van der Waals surface area contributed by atoms with Crippen LogP contribution in [0.4, 0.5) is 4.79 Å². The fraction of sp³-hybridized carbons (Fsp3) is 0.786. The number of rotatable bonds is 5. The van der Waals surface area contributed by atoms with Crippen LogP contribution in [0.5, 0.6) is 0 Å². The van der Waals surface area contributed by atoms with Gasteiger partial charge in [0, 0.05) is 32.7 Å². The van der Waals surface area contributed by atoms with Crippen LogP contribution in [0.15, 0.2) is 0 Å². The minimum atomic E-state index is -0.735. The zero-order valence-electron chi connectivity index (χ0n) is 12.8. The average molecular weight is 293 g/mol. The molecule has 21 heavy (non-hydrogen) atoms. The summed E-state index contributed by atoms with van der Waals surface area (Å²) < 4.78 is 0. The van der Waals surface area contributed by atoms with E-state index in [4.69, 9.17) is 5.26 Å². The standard InChI is InChI=1S/C14H23N5O2/c1-17(2)10-11-18-8-4-14(5-9-18)12(20)19(7-3-6-15)13(21)16-14/h3-5,7-11H2,1-2H3,(H,16,21). The van der Waals surface area contributed by atoms with Crippen molar-refractivity contribution in [2.24, 2.45) is 0 Å². The third-order valence-corrected chi connectivity index (χ3v) is 4.27. The second kappa shape index (κ2) is 6.41. The van der Waals surface area contributed by atoms with E-state index in [1.165, 1.54) is 4.90 Å². The molecule has 0 bridgehead atoms. The number of nitriles is 1. The van der Waals surface area contributed by atoms with Crippen LogP contribution < -0.4 is 5.32 Å². The fourth-order valence-corrected chi connectivity index (χ4v) is 2.88. The van der Waals surface area contributed by atoms with Gasteiger partial charge in [-0.05, 0) is 26.9 Å². The van der Waals surface area contributed by atoms with Gasteiger partial charge >= 0.3 is 6.03 Å². The van der Waals surface area contributed by atoms with Gasteiger partial charge in [-0.3, -0.25) is 9.69 Å². The average Bonchev–Trinajstić information content (AvgIpc) is 2.68. The van der Waals surface area contributed by atoms with E-state index in [1.54, 1.807) is 0 Å². The van der Waals surface area contributed by atoms with Gasteiger partial charge < -0.3 is 15.1 Å². The third kappa shape index (κ3) is 3.34. The molecule has 0 aromatic heterocycles. The minimum Gasteiger partial charge on any atom is -0.323 e. The number of imide groups is 1. The molecule has 1 spiro atoms. The number of piperidine rings is 1. The lowest BCUT2D eigenvalue weighted by atomic mass is 9.87. The molecule has 7 heteroatoms. The van der Waals surface area contributed by atoms with Crippen LogP contribution in [0, 0.1) is 11.3 Å². The highest BCUT2D eigenvalue weighted by atomic mass is 16.2. The summed E-state index contributed by atoms with van der Waals surface area (Å²) in [5.41, 5.74) is -0.735. The van der Waals surface area contributed by atoms with Crippen molar-refractivity contribution in [1.29, 1.82) is 5.26 Å². The Kier molecular flexibility index (Phi) is 4.80. The predicted molar refractivity (Wildman–Crippen MR) is 77.4 cm³/mol. The minimum absolute atomic E-state index is 0.157. The Bertz CT molecular complexity index is 449. The molecule has 0 aromatic rings. The zero-order valence-corrected chi connectivity index (χ0v) is 12.8. The van der Waals surface area contributed by atoms with E-state index in [2.05, 4.69) is 15.1 Å². The van der Waals surface area contributed by atoms with E-state index in [-0.39, 0.29) is 24.9 Å². The first-order chi connectivity index (χ1) is 9.98. The summed E-state index contributed by atoms with van der Waals surface area (Å²) in [6, 6.07) is 1.62. The van der Waals surface area contributed by atoms with Gasteiger partial charge in [0.05, 0.1) is 12.5 Å². The molecule has 2 fully saturated rings. The number of hydrogen-bond donors (Lipinski definition) is 1. The summed E-state index contributed by atoms with van der Waals surface area (Å²) in [6.07, 6.45) is 1.48. The molecule has 2 aliphatic rings. The number of urea groups is 1. The number of likely N-dealkylation sites (tertiary alicyclic amines) is 1. The molecule has 2 saturated heterocycles. The van der Waals surface area contributed by atoms with Crippen LogP contribution in [-0.2, 0) is 4.79 Å². The van der Waals surface area contributed by atoms with Gasteiger partial charge in [-0.25, -0.2) is 4.79 Å². The molecule has 1 N–H and O–H groups in total. The highest BCUT2D eigenvalue weighted by Crippen LogP contribution is 2.29. The van der Waals surface area contributed by atoms with E-state index in [0.717, 1.165) is 26.2 Å². The lowest BCUT2D eigenvalue weighted by Crippen LogP contribution is -2.55. The summed E-state index contributed by atoms with van der Waals surface area (Å²) in [5.74, 6) is -0.157. The normalized spacial score (nSPS) is 21.9. The number of nitrogens with one attached hydrogen (secondary N) is 1. The number of hydrogen-bond acceptors (Lipinski definition) is 5. The van der Waals surface area contributed by atoms with Crippen molar-refractivity contribution < 1.29 is 9.59 Å². The number of likely N-dealkylation sites (N-methyl/N-ethyl adjacent to an activating group) is 1. The maximum Gasteiger partial charge on any atom is 0.325 e. The van der Waals surface area contributed by atoms with Crippen LogP contribution in [-0.4, -0.2) is 79.0 Å². The topological polar surface area (TPSA) is 79.7 Å². The largest absolute Gasteiger partial charge is 0.325 e. The summed E-state index contributed by atoms with van der Waals surface area (Å²) in [6.45, 7) is 3.77. The molecule has 0 atom stereocenters. The van der Waals surface area contributed by atoms with E-state index in [0.29, 0.717) is 12.8 Å². The highest BCUT2D eigenvalue weighted by molar-refractivity contribution is 6.07. The van der Waals surface area contributed by atoms with Crippen LogP contribution >= 0.6 is 0 Å². The van der Waals surface area contributed by atoms with Crippen molar-refractivity contribution in [2.75, 3.05) is 46.8 Å². The first kappa shape index (κ1) is 15.7. The lowest BCUT2D eigenvalue weighted by Gasteiger charge is -2.37. The van der Waals surface area contributed by atoms with E-state index in [1.807, 2.05) is 20.2 Å². The van der Waals surface area contributed by atoms with E-state index >= 15 is 0 Å². The Hall–Kier alpha value is -1.65. The number of amides is 3. The molecule has 0 radical (unpaired) electrons. The van der Waals surface area contributed by atoms with Gasteiger partial charge in [-0.1, -0.05) is 0 Å². The van der Waals surface area contributed by atoms with Gasteiger partial charge in [0.15, 0.2) is 0 Å². The fourth-order valence-electron chi connectivity index (χ4n) is 2.88. The summed E-state index contributed by atoms with van der Waals surface area (Å²) >= 11 is 0. The van der Waals surface area contributed by atoms with Gasteiger partial charge in [0.25, 0.3) is 5.91 Å². The quantitative estimate of drug-likeness (QED) is 0.713. The number of nitrogens with zero attached hydrogens (tertiary/aromatic N) is 4. The number of carbonyl (C=O) groups is 2. The first-order valence-corrected chi connectivity index (χ1v) is 7.37. The van der Waals surface area contributed by atoms with Crippen molar-refractivity contribution in [3.8, 4) is 6.07 Å². The van der Waals surface area contributed by atoms with Crippen molar-refractivity contribution in [1.82, 2.24) is 20.0 Å². The van der Waals surface area contributed by atoms with Gasteiger partial charge in [-0.2, -0.15) is 5.26 Å². The first-order valence-electron chi connectivity index (χ1n) is 7.37. The molecule has 2 aliphatic heterocycles. The van der Waals surface area contributed by atoms with Gasteiger partial charge in [0.1, 0.15) is 5.54 Å². The Labute approximate surface area is 125 Å². The molecule has 3 amide bonds. The third-order valence-electron chi connectivity index (χ3n) is 4.27. The Morgan fingerprint density at radius 2 is 1.95 bits per heavy atom. The van der Waals surface area contributed by atoms with Crippen molar-refractivity contribution in [2.45, 2.75) is 24.8 Å². The monoisotopic (exact) mass is 293 g/mol. The molecule has 2 rings (SSSR count). The van der Waals surface area contributed by atoms with Crippen molar-refractivity contribution in [3.63, 3.8) is 0 Å².